The lowest BCUT2D eigenvalue weighted by molar-refractivity contribution is -0.136. The third kappa shape index (κ3) is 4.07. The van der Waals surface area contributed by atoms with Gasteiger partial charge in [0.1, 0.15) is 17.8 Å². The first kappa shape index (κ1) is 22.2. The average Bonchev–Trinajstić information content (AvgIpc) is 3.14. The number of nitrogens with zero attached hydrogens (tertiary/aromatic N) is 2. The van der Waals surface area contributed by atoms with Crippen LogP contribution in [0, 0.1) is 18.6 Å². The summed E-state index contributed by atoms with van der Waals surface area (Å²) in [6.07, 6.45) is -1.51. The first-order valence-corrected chi connectivity index (χ1v) is 11.3. The molecule has 1 saturated heterocycles. The minimum Gasteiger partial charge on any atom is -0.481 e. The number of aromatic nitrogens is 1. The number of sulfonamides is 1. The molecule has 1 aliphatic heterocycles. The molecule has 2 aromatic carbocycles. The minimum absolute atomic E-state index is 0.0342. The number of hydrogen-bond donors (Lipinski definition) is 1. The van der Waals surface area contributed by atoms with E-state index in [4.69, 9.17) is 5.11 Å². The van der Waals surface area contributed by atoms with Crippen LogP contribution in [0.15, 0.2) is 41.3 Å². The summed E-state index contributed by atoms with van der Waals surface area (Å²) in [4.78, 5) is 14.7. The minimum atomic E-state index is -4.24. The molecule has 0 unspecified atom stereocenters. The molecule has 32 heavy (non-hydrogen) atoms. The van der Waals surface area contributed by atoms with Crippen molar-refractivity contribution < 1.29 is 31.5 Å². The SMILES string of the molecule is Cc1cc(-c2c(F)cc(S(=O)(=O)N3CC[C@H](F)C3)cc2F)nc2cc(CC(=O)O)ccc12. The van der Waals surface area contributed by atoms with Crippen molar-refractivity contribution in [1.82, 2.24) is 9.29 Å². The molecular formula is C22H19F3N2O4S. The van der Waals surface area contributed by atoms with Crippen molar-refractivity contribution in [2.24, 2.45) is 0 Å². The Labute approximate surface area is 182 Å². The molecule has 1 aliphatic rings. The van der Waals surface area contributed by atoms with E-state index < -0.39 is 44.3 Å². The molecule has 0 aliphatic carbocycles. The molecule has 2 heterocycles. The smallest absolute Gasteiger partial charge is 0.307 e. The number of halogens is 3. The second kappa shape index (κ2) is 8.18. The number of fused-ring (bicyclic) bond motifs is 1. The van der Waals surface area contributed by atoms with Crippen LogP contribution < -0.4 is 0 Å². The highest BCUT2D eigenvalue weighted by atomic mass is 32.2. The van der Waals surface area contributed by atoms with Crippen molar-refractivity contribution in [3.63, 3.8) is 0 Å². The molecule has 10 heteroatoms. The summed E-state index contributed by atoms with van der Waals surface area (Å²) in [5.74, 6) is -3.26. The molecule has 0 saturated carbocycles. The zero-order valence-corrected chi connectivity index (χ0v) is 17.8. The van der Waals surface area contributed by atoms with Crippen LogP contribution >= 0.6 is 0 Å². The maximum Gasteiger partial charge on any atom is 0.307 e. The molecule has 6 nitrogen and oxygen atoms in total. The number of pyridine rings is 1. The fourth-order valence-corrected chi connectivity index (χ4v) is 5.37. The Bertz CT molecular complexity index is 1320. The molecule has 1 atom stereocenters. The van der Waals surface area contributed by atoms with E-state index in [2.05, 4.69) is 4.98 Å². The molecule has 0 bridgehead atoms. The Hall–Kier alpha value is -2.98. The van der Waals surface area contributed by atoms with Gasteiger partial charge in [0.2, 0.25) is 10.0 Å². The second-order valence-electron chi connectivity index (χ2n) is 7.76. The van der Waals surface area contributed by atoms with Crippen LogP contribution in [-0.2, 0) is 21.2 Å². The molecule has 1 N–H and O–H groups in total. The van der Waals surface area contributed by atoms with Gasteiger partial charge in [-0.2, -0.15) is 4.31 Å². The van der Waals surface area contributed by atoms with E-state index in [1.165, 1.54) is 12.1 Å². The van der Waals surface area contributed by atoms with Crippen LogP contribution in [0.2, 0.25) is 0 Å². The maximum absolute atomic E-state index is 15.0. The van der Waals surface area contributed by atoms with Gasteiger partial charge < -0.3 is 5.11 Å². The van der Waals surface area contributed by atoms with Gasteiger partial charge in [0.15, 0.2) is 0 Å². The third-order valence-electron chi connectivity index (χ3n) is 5.44. The Morgan fingerprint density at radius 2 is 1.88 bits per heavy atom. The number of aliphatic carboxylic acids is 1. The quantitative estimate of drug-likeness (QED) is 0.620. The van der Waals surface area contributed by atoms with Crippen molar-refractivity contribution in [2.45, 2.75) is 30.8 Å². The number of rotatable bonds is 5. The fourth-order valence-electron chi connectivity index (χ4n) is 3.86. The maximum atomic E-state index is 15.0. The molecule has 0 spiro atoms. The largest absolute Gasteiger partial charge is 0.481 e. The topological polar surface area (TPSA) is 87.6 Å². The summed E-state index contributed by atoms with van der Waals surface area (Å²) in [5, 5.41) is 9.68. The summed E-state index contributed by atoms with van der Waals surface area (Å²) in [6, 6.07) is 7.77. The highest BCUT2D eigenvalue weighted by molar-refractivity contribution is 7.89. The summed E-state index contributed by atoms with van der Waals surface area (Å²) in [7, 11) is -4.24. The van der Waals surface area contributed by atoms with Gasteiger partial charge in [0.25, 0.3) is 0 Å². The van der Waals surface area contributed by atoms with Crippen molar-refractivity contribution in [1.29, 1.82) is 0 Å². The first-order chi connectivity index (χ1) is 15.1. The molecule has 4 rings (SSSR count). The van der Waals surface area contributed by atoms with Gasteiger partial charge in [-0.3, -0.25) is 4.79 Å². The van der Waals surface area contributed by atoms with E-state index in [1.807, 2.05) is 0 Å². The van der Waals surface area contributed by atoms with E-state index in [0.29, 0.717) is 34.2 Å². The Balaban J connectivity index is 1.79. The monoisotopic (exact) mass is 464 g/mol. The van der Waals surface area contributed by atoms with E-state index in [-0.39, 0.29) is 31.6 Å². The van der Waals surface area contributed by atoms with Gasteiger partial charge in [-0.15, -0.1) is 0 Å². The standard InChI is InChI=1S/C22H19F3N2O4S/c1-12-6-20(26-19-7-13(8-21(28)29)2-3-16(12)19)22-17(24)9-15(10-18(22)25)32(30,31)27-5-4-14(23)11-27/h2-3,6-7,9-10,14H,4-5,8,11H2,1H3,(H,28,29)/t14-/m0/s1. The average molecular weight is 464 g/mol. The van der Waals surface area contributed by atoms with Gasteiger partial charge in [-0.05, 0) is 48.7 Å². The molecule has 168 valence electrons. The third-order valence-corrected chi connectivity index (χ3v) is 7.28. The van der Waals surface area contributed by atoms with Gasteiger partial charge in [0, 0.05) is 18.5 Å². The number of carboxylic acid groups (broad SMARTS) is 1. The molecular weight excluding hydrogens is 445 g/mol. The van der Waals surface area contributed by atoms with Crippen molar-refractivity contribution in [2.75, 3.05) is 13.1 Å². The highest BCUT2D eigenvalue weighted by Gasteiger charge is 2.33. The van der Waals surface area contributed by atoms with E-state index in [0.717, 1.165) is 4.31 Å². The van der Waals surface area contributed by atoms with Gasteiger partial charge in [0.05, 0.1) is 28.1 Å². The highest BCUT2D eigenvalue weighted by Crippen LogP contribution is 2.32. The number of alkyl halides is 1. The molecule has 3 aromatic rings. The predicted octanol–water partition coefficient (Wildman–Crippen LogP) is 3.85. The first-order valence-electron chi connectivity index (χ1n) is 9.82. The fraction of sp³-hybridized carbons (Fsp3) is 0.273. The number of hydrogen-bond acceptors (Lipinski definition) is 4. The number of aryl methyl sites for hydroxylation is 1. The van der Waals surface area contributed by atoms with Crippen LogP contribution in [0.3, 0.4) is 0 Å². The van der Waals surface area contributed by atoms with Crippen LogP contribution in [0.4, 0.5) is 13.2 Å². The zero-order chi connectivity index (χ0) is 23.2. The lowest BCUT2D eigenvalue weighted by Crippen LogP contribution is -2.29. The van der Waals surface area contributed by atoms with Crippen LogP contribution in [0.25, 0.3) is 22.2 Å². The van der Waals surface area contributed by atoms with Crippen molar-refractivity contribution in [3.05, 3.63) is 59.2 Å². The predicted molar refractivity (Wildman–Crippen MR) is 111 cm³/mol. The molecule has 1 aromatic heterocycles. The molecule has 0 amide bonds. The van der Waals surface area contributed by atoms with Crippen molar-refractivity contribution >= 4 is 26.9 Å². The van der Waals surface area contributed by atoms with Crippen LogP contribution in [0.5, 0.6) is 0 Å². The Morgan fingerprint density at radius 3 is 2.47 bits per heavy atom. The molecule has 0 radical (unpaired) electrons. The van der Waals surface area contributed by atoms with E-state index in [1.54, 1.807) is 19.1 Å². The molecule has 1 fully saturated rings. The number of benzene rings is 2. The second-order valence-corrected chi connectivity index (χ2v) is 9.70. The lowest BCUT2D eigenvalue weighted by Gasteiger charge is -2.16. The Kier molecular flexibility index (Phi) is 5.68. The summed E-state index contributed by atoms with van der Waals surface area (Å²) >= 11 is 0. The number of carboxylic acids is 1. The zero-order valence-electron chi connectivity index (χ0n) is 17.0. The van der Waals surface area contributed by atoms with Gasteiger partial charge >= 0.3 is 5.97 Å². The van der Waals surface area contributed by atoms with Gasteiger partial charge in [-0.25, -0.2) is 26.6 Å². The summed E-state index contributed by atoms with van der Waals surface area (Å²) in [6.45, 7) is 1.32. The number of carbonyl (C=O) groups is 1. The summed E-state index contributed by atoms with van der Waals surface area (Å²) in [5.41, 5.74) is 0.954. The Morgan fingerprint density at radius 1 is 1.19 bits per heavy atom. The van der Waals surface area contributed by atoms with E-state index in [9.17, 15) is 26.4 Å². The van der Waals surface area contributed by atoms with Crippen molar-refractivity contribution in [3.8, 4) is 11.3 Å². The van der Waals surface area contributed by atoms with Gasteiger partial charge in [-0.1, -0.05) is 12.1 Å². The summed E-state index contributed by atoms with van der Waals surface area (Å²) < 4.78 is 69.5. The van der Waals surface area contributed by atoms with Crippen LogP contribution in [0.1, 0.15) is 17.5 Å². The van der Waals surface area contributed by atoms with Crippen LogP contribution in [-0.4, -0.2) is 48.0 Å². The lowest BCUT2D eigenvalue weighted by atomic mass is 10.0. The normalized spacial score (nSPS) is 17.2. The van der Waals surface area contributed by atoms with E-state index >= 15 is 0 Å².